The molecule has 1 aliphatic rings. The van der Waals surface area contributed by atoms with E-state index < -0.39 is 0 Å². The number of benzene rings is 1. The standard InChI is InChI=1S/C12H15N3/c1-2-9-4-3-5-10-12(9)14-11-8-13-6-7-15(10)11/h3-5,13H,2,6-8H2,1H3. The first-order valence-electron chi connectivity index (χ1n) is 5.58. The van der Waals surface area contributed by atoms with Gasteiger partial charge in [0, 0.05) is 13.1 Å². The highest BCUT2D eigenvalue weighted by Gasteiger charge is 2.14. The van der Waals surface area contributed by atoms with Gasteiger partial charge in [0.2, 0.25) is 0 Å². The summed E-state index contributed by atoms with van der Waals surface area (Å²) in [4.78, 5) is 4.72. The number of hydrogen-bond acceptors (Lipinski definition) is 2. The average Bonchev–Trinajstić information content (AvgIpc) is 2.67. The lowest BCUT2D eigenvalue weighted by Gasteiger charge is -2.15. The van der Waals surface area contributed by atoms with Gasteiger partial charge in [-0.15, -0.1) is 0 Å². The zero-order valence-electron chi connectivity index (χ0n) is 8.95. The number of aryl methyl sites for hydroxylation is 1. The summed E-state index contributed by atoms with van der Waals surface area (Å²) in [6.07, 6.45) is 1.06. The number of fused-ring (bicyclic) bond motifs is 3. The van der Waals surface area contributed by atoms with Crippen LogP contribution in [0.3, 0.4) is 0 Å². The van der Waals surface area contributed by atoms with Crippen molar-refractivity contribution in [2.45, 2.75) is 26.4 Å². The quantitative estimate of drug-likeness (QED) is 0.761. The molecule has 1 N–H and O–H groups in total. The Bertz CT molecular complexity index is 499. The molecule has 2 heterocycles. The van der Waals surface area contributed by atoms with Crippen molar-refractivity contribution in [1.82, 2.24) is 14.9 Å². The van der Waals surface area contributed by atoms with Crippen LogP contribution in [0.15, 0.2) is 18.2 Å². The van der Waals surface area contributed by atoms with Gasteiger partial charge in [-0.25, -0.2) is 4.98 Å². The summed E-state index contributed by atoms with van der Waals surface area (Å²) in [5.74, 6) is 1.18. The van der Waals surface area contributed by atoms with Gasteiger partial charge in [0.25, 0.3) is 0 Å². The third-order valence-electron chi connectivity index (χ3n) is 3.12. The Hall–Kier alpha value is -1.35. The maximum Gasteiger partial charge on any atom is 0.123 e. The summed E-state index contributed by atoms with van der Waals surface area (Å²) in [6.45, 7) is 5.18. The molecular weight excluding hydrogens is 186 g/mol. The Morgan fingerprint density at radius 3 is 3.27 bits per heavy atom. The number of nitrogens with zero attached hydrogens (tertiary/aromatic N) is 2. The van der Waals surface area contributed by atoms with Gasteiger partial charge in [0.15, 0.2) is 0 Å². The topological polar surface area (TPSA) is 29.9 Å². The number of aromatic nitrogens is 2. The van der Waals surface area contributed by atoms with E-state index in [0.29, 0.717) is 0 Å². The molecule has 1 aromatic carbocycles. The number of imidazole rings is 1. The molecule has 0 amide bonds. The molecule has 0 saturated heterocycles. The molecule has 2 aromatic rings. The molecule has 3 heteroatoms. The van der Waals surface area contributed by atoms with Gasteiger partial charge < -0.3 is 9.88 Å². The van der Waals surface area contributed by atoms with Crippen LogP contribution < -0.4 is 5.32 Å². The number of rotatable bonds is 1. The van der Waals surface area contributed by atoms with Gasteiger partial charge in [0.1, 0.15) is 5.82 Å². The van der Waals surface area contributed by atoms with Crippen molar-refractivity contribution in [1.29, 1.82) is 0 Å². The van der Waals surface area contributed by atoms with Gasteiger partial charge in [-0.05, 0) is 18.1 Å². The minimum absolute atomic E-state index is 0.901. The van der Waals surface area contributed by atoms with Crippen LogP contribution in [0.4, 0.5) is 0 Å². The molecule has 1 aromatic heterocycles. The largest absolute Gasteiger partial charge is 0.326 e. The minimum atomic E-state index is 0.901. The predicted octanol–water partition coefficient (Wildman–Crippen LogP) is 1.70. The minimum Gasteiger partial charge on any atom is -0.326 e. The van der Waals surface area contributed by atoms with Crippen LogP contribution in [0.25, 0.3) is 11.0 Å². The second kappa shape index (κ2) is 3.35. The summed E-state index contributed by atoms with van der Waals surface area (Å²) < 4.78 is 2.34. The monoisotopic (exact) mass is 201 g/mol. The van der Waals surface area contributed by atoms with Crippen LogP contribution in [0.1, 0.15) is 18.3 Å². The number of hydrogen-bond donors (Lipinski definition) is 1. The van der Waals surface area contributed by atoms with Crippen LogP contribution in [-0.4, -0.2) is 16.1 Å². The summed E-state index contributed by atoms with van der Waals surface area (Å²) in [5, 5.41) is 3.36. The van der Waals surface area contributed by atoms with Crippen LogP contribution in [0.5, 0.6) is 0 Å². The molecule has 0 atom stereocenters. The Morgan fingerprint density at radius 1 is 1.47 bits per heavy atom. The molecule has 0 radical (unpaired) electrons. The van der Waals surface area contributed by atoms with Crippen molar-refractivity contribution in [2.24, 2.45) is 0 Å². The molecule has 1 aliphatic heterocycles. The summed E-state index contributed by atoms with van der Waals surface area (Å²) in [7, 11) is 0. The lowest BCUT2D eigenvalue weighted by Crippen LogP contribution is -2.28. The number of nitrogens with one attached hydrogen (secondary N) is 1. The van der Waals surface area contributed by atoms with Crippen molar-refractivity contribution < 1.29 is 0 Å². The Labute approximate surface area is 89.1 Å². The van der Waals surface area contributed by atoms with E-state index in [2.05, 4.69) is 35.0 Å². The molecule has 0 fully saturated rings. The van der Waals surface area contributed by atoms with Crippen molar-refractivity contribution >= 4 is 11.0 Å². The second-order valence-corrected chi connectivity index (χ2v) is 3.99. The van der Waals surface area contributed by atoms with E-state index in [-0.39, 0.29) is 0 Å². The van der Waals surface area contributed by atoms with Crippen molar-refractivity contribution in [2.75, 3.05) is 6.54 Å². The maximum absolute atomic E-state index is 4.72. The lowest BCUT2D eigenvalue weighted by atomic mass is 10.1. The van der Waals surface area contributed by atoms with E-state index in [1.54, 1.807) is 0 Å². The first-order valence-corrected chi connectivity index (χ1v) is 5.58. The van der Waals surface area contributed by atoms with E-state index in [9.17, 15) is 0 Å². The zero-order chi connectivity index (χ0) is 10.3. The Morgan fingerprint density at radius 2 is 2.40 bits per heavy atom. The van der Waals surface area contributed by atoms with E-state index in [4.69, 9.17) is 4.98 Å². The molecule has 0 bridgehead atoms. The van der Waals surface area contributed by atoms with E-state index >= 15 is 0 Å². The molecule has 0 aliphatic carbocycles. The fourth-order valence-corrected chi connectivity index (χ4v) is 2.31. The molecule has 3 rings (SSSR count). The van der Waals surface area contributed by atoms with E-state index in [1.807, 2.05) is 0 Å². The highest BCUT2D eigenvalue weighted by atomic mass is 15.2. The summed E-state index contributed by atoms with van der Waals surface area (Å²) >= 11 is 0. The van der Waals surface area contributed by atoms with E-state index in [0.717, 1.165) is 26.1 Å². The number of para-hydroxylation sites is 1. The third kappa shape index (κ3) is 1.27. The highest BCUT2D eigenvalue weighted by Crippen LogP contribution is 2.21. The molecule has 0 saturated carbocycles. The highest BCUT2D eigenvalue weighted by molar-refractivity contribution is 5.79. The van der Waals surface area contributed by atoms with E-state index in [1.165, 1.54) is 22.4 Å². The van der Waals surface area contributed by atoms with Gasteiger partial charge >= 0.3 is 0 Å². The van der Waals surface area contributed by atoms with Crippen molar-refractivity contribution in [3.05, 3.63) is 29.6 Å². The maximum atomic E-state index is 4.72. The first kappa shape index (κ1) is 8.92. The van der Waals surface area contributed by atoms with Gasteiger partial charge in [-0.3, -0.25) is 0 Å². The van der Waals surface area contributed by atoms with Crippen molar-refractivity contribution in [3.8, 4) is 0 Å². The van der Waals surface area contributed by atoms with Crippen molar-refractivity contribution in [3.63, 3.8) is 0 Å². The lowest BCUT2D eigenvalue weighted by molar-refractivity contribution is 0.514. The first-order chi connectivity index (χ1) is 7.40. The molecule has 0 unspecified atom stereocenters. The summed E-state index contributed by atoms with van der Waals surface area (Å²) in [5.41, 5.74) is 3.85. The van der Waals surface area contributed by atoms with Gasteiger partial charge in [0.05, 0.1) is 17.6 Å². The SMILES string of the molecule is CCc1cccc2c1nc1n2CCNC1. The van der Waals surface area contributed by atoms with Crippen LogP contribution >= 0.6 is 0 Å². The third-order valence-corrected chi connectivity index (χ3v) is 3.12. The predicted molar refractivity (Wildman–Crippen MR) is 60.8 cm³/mol. The zero-order valence-corrected chi connectivity index (χ0v) is 8.95. The normalized spacial score (nSPS) is 15.5. The molecular formula is C12H15N3. The van der Waals surface area contributed by atoms with Crippen LogP contribution in [-0.2, 0) is 19.5 Å². The second-order valence-electron chi connectivity index (χ2n) is 3.99. The van der Waals surface area contributed by atoms with Crippen LogP contribution in [0.2, 0.25) is 0 Å². The Balaban J connectivity index is 2.31. The van der Waals surface area contributed by atoms with Gasteiger partial charge in [-0.2, -0.15) is 0 Å². The smallest absolute Gasteiger partial charge is 0.123 e. The molecule has 15 heavy (non-hydrogen) atoms. The Kier molecular flexibility index (Phi) is 1.99. The average molecular weight is 201 g/mol. The summed E-state index contributed by atoms with van der Waals surface area (Å²) in [6, 6.07) is 6.49. The molecule has 0 spiro atoms. The van der Waals surface area contributed by atoms with Crippen LogP contribution in [0, 0.1) is 0 Å². The molecule has 78 valence electrons. The fourth-order valence-electron chi connectivity index (χ4n) is 2.31. The fraction of sp³-hybridized carbons (Fsp3) is 0.417. The molecule has 3 nitrogen and oxygen atoms in total. The van der Waals surface area contributed by atoms with Gasteiger partial charge in [-0.1, -0.05) is 19.1 Å².